The Balaban J connectivity index is 1.91. The Bertz CT molecular complexity index is 718. The highest BCUT2D eigenvalue weighted by molar-refractivity contribution is 6.32. The lowest BCUT2D eigenvalue weighted by Crippen LogP contribution is -2.19. The highest BCUT2D eigenvalue weighted by atomic mass is 35.5. The van der Waals surface area contributed by atoms with Gasteiger partial charge in [0.2, 0.25) is 0 Å². The lowest BCUT2D eigenvalue weighted by Gasteiger charge is -2.12. The Hall–Kier alpha value is -2.18. The van der Waals surface area contributed by atoms with Crippen LogP contribution in [0.3, 0.4) is 0 Å². The third-order valence-corrected chi connectivity index (χ3v) is 3.25. The zero-order valence-corrected chi connectivity index (χ0v) is 13.0. The second-order valence-electron chi connectivity index (χ2n) is 4.98. The third kappa shape index (κ3) is 3.18. The first-order valence-corrected chi connectivity index (χ1v) is 7.22. The molecule has 0 fully saturated rings. The van der Waals surface area contributed by atoms with Crippen LogP contribution in [0.4, 0.5) is 0 Å². The van der Waals surface area contributed by atoms with Crippen molar-refractivity contribution in [2.75, 3.05) is 6.73 Å². The first-order valence-electron chi connectivity index (χ1n) is 6.85. The Kier molecular flexibility index (Phi) is 4.22. The summed E-state index contributed by atoms with van der Waals surface area (Å²) in [5.74, 6) is 1.25. The Morgan fingerprint density at radius 1 is 1.23 bits per heavy atom. The van der Waals surface area contributed by atoms with E-state index in [2.05, 4.69) is 20.4 Å². The van der Waals surface area contributed by atoms with Crippen molar-refractivity contribution in [3.05, 3.63) is 41.3 Å². The first kappa shape index (κ1) is 14.7. The van der Waals surface area contributed by atoms with Gasteiger partial charge in [-0.05, 0) is 38.1 Å². The molecule has 2 aromatic rings. The molecule has 0 spiro atoms. The average Bonchev–Trinajstić information content (AvgIpc) is 3.03. The summed E-state index contributed by atoms with van der Waals surface area (Å²) in [6.45, 7) is 4.19. The zero-order valence-electron chi connectivity index (χ0n) is 12.2. The number of amidine groups is 1. The summed E-state index contributed by atoms with van der Waals surface area (Å²) in [5.41, 5.74) is 5.00. The summed E-state index contributed by atoms with van der Waals surface area (Å²) in [6, 6.07) is 7.41. The van der Waals surface area contributed by atoms with E-state index in [9.17, 15) is 0 Å². The van der Waals surface area contributed by atoms with E-state index in [0.717, 1.165) is 11.3 Å². The predicted octanol–water partition coefficient (Wildman–Crippen LogP) is 2.82. The van der Waals surface area contributed by atoms with Crippen molar-refractivity contribution in [3.8, 4) is 17.0 Å². The van der Waals surface area contributed by atoms with Crippen LogP contribution in [0.1, 0.15) is 19.5 Å². The van der Waals surface area contributed by atoms with Crippen molar-refractivity contribution in [1.82, 2.24) is 15.4 Å². The number of hydrogen-bond acceptors (Lipinski definition) is 6. The van der Waals surface area contributed by atoms with Crippen LogP contribution in [0.15, 0.2) is 35.6 Å². The number of ether oxygens (including phenoxy) is 1. The average molecular weight is 319 g/mol. The fourth-order valence-electron chi connectivity index (χ4n) is 2.02. The zero-order chi connectivity index (χ0) is 15.5. The van der Waals surface area contributed by atoms with E-state index in [-0.39, 0.29) is 12.8 Å². The van der Waals surface area contributed by atoms with E-state index in [0.29, 0.717) is 22.3 Å². The van der Waals surface area contributed by atoms with Gasteiger partial charge in [-0.25, -0.2) is 20.4 Å². The van der Waals surface area contributed by atoms with Crippen molar-refractivity contribution in [2.24, 2.45) is 4.99 Å². The molecule has 1 aromatic heterocycles. The summed E-state index contributed by atoms with van der Waals surface area (Å²) >= 11 is 6.27. The van der Waals surface area contributed by atoms with Gasteiger partial charge >= 0.3 is 0 Å². The molecule has 0 radical (unpaired) electrons. The maximum Gasteiger partial charge on any atom is 0.173 e. The molecule has 22 heavy (non-hydrogen) atoms. The monoisotopic (exact) mass is 318 g/mol. The second-order valence-corrected chi connectivity index (χ2v) is 5.39. The quantitative estimate of drug-likeness (QED) is 0.938. The van der Waals surface area contributed by atoms with E-state index in [4.69, 9.17) is 21.2 Å². The van der Waals surface area contributed by atoms with Gasteiger partial charge in [-0.3, -0.25) is 4.84 Å². The highest BCUT2D eigenvalue weighted by Crippen LogP contribution is 2.30. The smallest absolute Gasteiger partial charge is 0.173 e. The summed E-state index contributed by atoms with van der Waals surface area (Å²) in [7, 11) is 0. The summed E-state index contributed by atoms with van der Waals surface area (Å²) < 4.78 is 5.63. The molecular weight excluding hydrogens is 304 g/mol. The second kappa shape index (κ2) is 6.29. The van der Waals surface area contributed by atoms with Gasteiger partial charge in [-0.2, -0.15) is 0 Å². The fourth-order valence-corrected chi connectivity index (χ4v) is 2.24. The molecular formula is C15H15ClN4O2. The van der Waals surface area contributed by atoms with Gasteiger partial charge in [0.05, 0.1) is 16.8 Å². The molecule has 0 atom stereocenters. The van der Waals surface area contributed by atoms with Gasteiger partial charge in [-0.15, -0.1) is 0 Å². The molecule has 2 heterocycles. The van der Waals surface area contributed by atoms with Gasteiger partial charge in [0, 0.05) is 5.56 Å². The number of nitrogens with one attached hydrogen (secondary N) is 1. The molecule has 0 saturated heterocycles. The van der Waals surface area contributed by atoms with Crippen LogP contribution in [-0.2, 0) is 4.84 Å². The van der Waals surface area contributed by atoms with Gasteiger partial charge in [-0.1, -0.05) is 11.6 Å². The van der Waals surface area contributed by atoms with Gasteiger partial charge < -0.3 is 4.74 Å². The third-order valence-electron chi connectivity index (χ3n) is 2.96. The van der Waals surface area contributed by atoms with Crippen molar-refractivity contribution >= 4 is 17.4 Å². The number of aromatic nitrogens is 2. The van der Waals surface area contributed by atoms with Crippen LogP contribution < -0.4 is 10.2 Å². The van der Waals surface area contributed by atoms with Crippen LogP contribution in [0.2, 0.25) is 5.02 Å². The maximum absolute atomic E-state index is 6.27. The summed E-state index contributed by atoms with van der Waals surface area (Å²) in [4.78, 5) is 17.6. The maximum atomic E-state index is 6.27. The fraction of sp³-hybridized carbons (Fsp3) is 0.267. The van der Waals surface area contributed by atoms with Crippen LogP contribution in [0, 0.1) is 0 Å². The molecule has 0 bridgehead atoms. The molecule has 0 unspecified atom stereocenters. The highest BCUT2D eigenvalue weighted by Gasteiger charge is 2.13. The minimum atomic E-state index is 0.0699. The predicted molar refractivity (Wildman–Crippen MR) is 83.9 cm³/mol. The largest absolute Gasteiger partial charge is 0.489 e. The van der Waals surface area contributed by atoms with Crippen molar-refractivity contribution in [3.63, 3.8) is 0 Å². The first-order chi connectivity index (χ1) is 10.6. The van der Waals surface area contributed by atoms with Crippen molar-refractivity contribution in [2.45, 2.75) is 20.0 Å². The molecule has 6 nitrogen and oxygen atoms in total. The van der Waals surface area contributed by atoms with E-state index in [1.165, 1.54) is 6.33 Å². The van der Waals surface area contributed by atoms with Gasteiger partial charge in [0.1, 0.15) is 17.8 Å². The van der Waals surface area contributed by atoms with Crippen LogP contribution in [0.25, 0.3) is 11.3 Å². The van der Waals surface area contributed by atoms with Gasteiger partial charge in [0.15, 0.2) is 12.6 Å². The minimum absolute atomic E-state index is 0.0699. The van der Waals surface area contributed by atoms with E-state index < -0.39 is 0 Å². The number of rotatable bonds is 4. The van der Waals surface area contributed by atoms with Crippen LogP contribution in [0.5, 0.6) is 5.75 Å². The number of hydrogen-bond donors (Lipinski definition) is 1. The SMILES string of the molecule is CC(C)Oc1ccc(-c2cc(C3=NCON3)ncn2)cc1Cl. The lowest BCUT2D eigenvalue weighted by atomic mass is 10.1. The Morgan fingerprint density at radius 2 is 2.05 bits per heavy atom. The number of hydroxylamine groups is 1. The molecule has 1 aliphatic heterocycles. The Morgan fingerprint density at radius 3 is 2.73 bits per heavy atom. The lowest BCUT2D eigenvalue weighted by molar-refractivity contribution is 0.115. The molecule has 1 N–H and O–H groups in total. The molecule has 3 rings (SSSR count). The molecule has 7 heteroatoms. The van der Waals surface area contributed by atoms with Crippen LogP contribution >= 0.6 is 11.6 Å². The van der Waals surface area contributed by atoms with E-state index in [1.54, 1.807) is 0 Å². The number of benzene rings is 1. The van der Waals surface area contributed by atoms with Crippen molar-refractivity contribution < 1.29 is 9.57 Å². The van der Waals surface area contributed by atoms with Crippen LogP contribution in [-0.4, -0.2) is 28.6 Å². The summed E-state index contributed by atoms with van der Waals surface area (Å²) in [6.07, 6.45) is 1.56. The normalized spacial score (nSPS) is 13.9. The number of aliphatic imine (C=N–C) groups is 1. The molecule has 1 aromatic carbocycles. The molecule has 0 amide bonds. The topological polar surface area (TPSA) is 68.6 Å². The van der Waals surface area contributed by atoms with Crippen molar-refractivity contribution in [1.29, 1.82) is 0 Å². The molecule has 0 aliphatic carbocycles. The van der Waals surface area contributed by atoms with Gasteiger partial charge in [0.25, 0.3) is 0 Å². The number of halogens is 1. The number of nitrogens with zero attached hydrogens (tertiary/aromatic N) is 3. The molecule has 1 aliphatic rings. The van der Waals surface area contributed by atoms with E-state index in [1.807, 2.05) is 38.1 Å². The minimum Gasteiger partial charge on any atom is -0.489 e. The summed E-state index contributed by atoms with van der Waals surface area (Å²) in [5, 5.41) is 0.547. The standard InChI is InChI=1S/C15H15ClN4O2/c1-9(2)22-14-4-3-10(5-11(14)16)12-6-13(18-7-17-12)15-19-8-21-20-15/h3-7,9H,8H2,1-2H3,(H,19,20). The molecule has 114 valence electrons. The van der Waals surface area contributed by atoms with E-state index >= 15 is 0 Å². The molecule has 0 saturated carbocycles. The Labute approximate surface area is 133 Å².